The molecular formula is C23H27N5O2. The number of anilines is 3. The minimum atomic E-state index is -0.220. The lowest BCUT2D eigenvalue weighted by Crippen LogP contribution is -2.29. The van der Waals surface area contributed by atoms with Crippen molar-refractivity contribution in [3.63, 3.8) is 0 Å². The molecule has 0 unspecified atom stereocenters. The van der Waals surface area contributed by atoms with Crippen LogP contribution in [0.25, 0.3) is 0 Å². The molecule has 1 aliphatic heterocycles. The average molecular weight is 406 g/mol. The third kappa shape index (κ3) is 4.62. The van der Waals surface area contributed by atoms with Gasteiger partial charge in [-0.25, -0.2) is 4.79 Å². The first-order valence-corrected chi connectivity index (χ1v) is 10.4. The maximum Gasteiger partial charge on any atom is 0.319 e. The van der Waals surface area contributed by atoms with Crippen molar-refractivity contribution >= 4 is 23.1 Å². The van der Waals surface area contributed by atoms with Gasteiger partial charge in [-0.1, -0.05) is 37.2 Å². The Morgan fingerprint density at radius 3 is 2.73 bits per heavy atom. The van der Waals surface area contributed by atoms with Crippen LogP contribution < -0.4 is 15.5 Å². The van der Waals surface area contributed by atoms with Gasteiger partial charge in [0.1, 0.15) is 0 Å². The number of fused-ring (bicyclic) bond motifs is 1. The van der Waals surface area contributed by atoms with Crippen molar-refractivity contribution in [2.75, 3.05) is 23.3 Å². The number of hydrogen-bond acceptors (Lipinski definition) is 5. The SMILES string of the molecule is CC(C)c1noc(CCCNC(=O)Nc2ccc(N3CCc4ccccc43)cc2)n1. The van der Waals surface area contributed by atoms with E-state index in [1.54, 1.807) is 0 Å². The summed E-state index contributed by atoms with van der Waals surface area (Å²) in [6, 6.07) is 16.2. The summed E-state index contributed by atoms with van der Waals surface area (Å²) >= 11 is 0. The van der Waals surface area contributed by atoms with E-state index in [1.807, 2.05) is 38.1 Å². The quantitative estimate of drug-likeness (QED) is 0.560. The Morgan fingerprint density at radius 1 is 1.17 bits per heavy atom. The van der Waals surface area contributed by atoms with Gasteiger partial charge in [0.05, 0.1) is 0 Å². The number of urea groups is 1. The van der Waals surface area contributed by atoms with Gasteiger partial charge in [0, 0.05) is 42.5 Å². The van der Waals surface area contributed by atoms with Gasteiger partial charge in [-0.2, -0.15) is 4.98 Å². The fourth-order valence-electron chi connectivity index (χ4n) is 3.55. The van der Waals surface area contributed by atoms with Crippen molar-refractivity contribution < 1.29 is 9.32 Å². The second kappa shape index (κ2) is 8.98. The summed E-state index contributed by atoms with van der Waals surface area (Å²) in [5, 5.41) is 9.68. The number of aryl methyl sites for hydroxylation is 1. The Bertz CT molecular complexity index is 997. The van der Waals surface area contributed by atoms with Gasteiger partial charge in [-0.3, -0.25) is 0 Å². The zero-order valence-electron chi connectivity index (χ0n) is 17.4. The third-order valence-corrected chi connectivity index (χ3v) is 5.18. The highest BCUT2D eigenvalue weighted by molar-refractivity contribution is 5.89. The van der Waals surface area contributed by atoms with E-state index < -0.39 is 0 Å². The van der Waals surface area contributed by atoms with E-state index in [-0.39, 0.29) is 11.9 Å². The normalized spacial score (nSPS) is 12.8. The minimum Gasteiger partial charge on any atom is -0.341 e. The maximum absolute atomic E-state index is 12.1. The van der Waals surface area contributed by atoms with Crippen LogP contribution in [0.4, 0.5) is 21.9 Å². The van der Waals surface area contributed by atoms with Crippen molar-refractivity contribution in [1.82, 2.24) is 15.5 Å². The number of carbonyl (C=O) groups is 1. The lowest BCUT2D eigenvalue weighted by atomic mass is 10.2. The van der Waals surface area contributed by atoms with Crippen LogP contribution in [0.3, 0.4) is 0 Å². The number of aromatic nitrogens is 2. The van der Waals surface area contributed by atoms with Crippen LogP contribution in [0.15, 0.2) is 53.1 Å². The second-order valence-corrected chi connectivity index (χ2v) is 7.76. The highest BCUT2D eigenvalue weighted by Crippen LogP contribution is 2.34. The summed E-state index contributed by atoms with van der Waals surface area (Å²) in [4.78, 5) is 18.8. The lowest BCUT2D eigenvalue weighted by Gasteiger charge is -2.20. The molecule has 0 fully saturated rings. The van der Waals surface area contributed by atoms with Gasteiger partial charge < -0.3 is 20.1 Å². The fraction of sp³-hybridized carbons (Fsp3) is 0.348. The number of carbonyl (C=O) groups excluding carboxylic acids is 1. The largest absolute Gasteiger partial charge is 0.341 e. The predicted molar refractivity (Wildman–Crippen MR) is 117 cm³/mol. The van der Waals surface area contributed by atoms with Crippen LogP contribution in [0.1, 0.15) is 43.5 Å². The molecule has 0 aliphatic carbocycles. The van der Waals surface area contributed by atoms with E-state index in [4.69, 9.17) is 4.52 Å². The van der Waals surface area contributed by atoms with Crippen molar-refractivity contribution in [1.29, 1.82) is 0 Å². The third-order valence-electron chi connectivity index (χ3n) is 5.18. The zero-order valence-corrected chi connectivity index (χ0v) is 17.4. The van der Waals surface area contributed by atoms with E-state index >= 15 is 0 Å². The van der Waals surface area contributed by atoms with E-state index in [0.717, 1.165) is 36.6 Å². The highest BCUT2D eigenvalue weighted by atomic mass is 16.5. The molecule has 2 aromatic carbocycles. The molecule has 30 heavy (non-hydrogen) atoms. The number of hydrogen-bond donors (Lipinski definition) is 2. The molecule has 2 N–H and O–H groups in total. The van der Waals surface area contributed by atoms with Crippen molar-refractivity contribution in [3.05, 3.63) is 65.8 Å². The summed E-state index contributed by atoms with van der Waals surface area (Å²) in [5.41, 5.74) is 4.53. The number of amides is 2. The molecule has 156 valence electrons. The molecular weight excluding hydrogens is 378 g/mol. The highest BCUT2D eigenvalue weighted by Gasteiger charge is 2.19. The molecule has 1 aromatic heterocycles. The minimum absolute atomic E-state index is 0.220. The van der Waals surface area contributed by atoms with Crippen LogP contribution in [-0.2, 0) is 12.8 Å². The standard InChI is InChI=1S/C23H27N5O2/c1-16(2)22-26-21(30-27-22)8-5-14-24-23(29)25-18-9-11-19(12-10-18)28-15-13-17-6-3-4-7-20(17)28/h3-4,6-7,9-12,16H,5,8,13-15H2,1-2H3,(H2,24,25,29). The molecule has 3 aromatic rings. The molecule has 4 rings (SSSR count). The monoisotopic (exact) mass is 405 g/mol. The number of para-hydroxylation sites is 1. The fourth-order valence-corrected chi connectivity index (χ4v) is 3.55. The van der Waals surface area contributed by atoms with Crippen LogP contribution in [0.5, 0.6) is 0 Å². The van der Waals surface area contributed by atoms with Crippen LogP contribution in [0.2, 0.25) is 0 Å². The van der Waals surface area contributed by atoms with Gasteiger partial charge in [0.25, 0.3) is 0 Å². The molecule has 2 amide bonds. The van der Waals surface area contributed by atoms with Crippen LogP contribution in [0, 0.1) is 0 Å². The smallest absolute Gasteiger partial charge is 0.319 e. The summed E-state index contributed by atoms with van der Waals surface area (Å²) in [7, 11) is 0. The molecule has 0 saturated heterocycles. The molecule has 0 bridgehead atoms. The topological polar surface area (TPSA) is 83.3 Å². The van der Waals surface area contributed by atoms with E-state index in [0.29, 0.717) is 18.9 Å². The van der Waals surface area contributed by atoms with Crippen LogP contribution in [-0.4, -0.2) is 29.3 Å². The first-order valence-electron chi connectivity index (χ1n) is 10.4. The number of benzene rings is 2. The second-order valence-electron chi connectivity index (χ2n) is 7.76. The van der Waals surface area contributed by atoms with E-state index in [9.17, 15) is 4.79 Å². The molecule has 2 heterocycles. The van der Waals surface area contributed by atoms with Gasteiger partial charge in [-0.15, -0.1) is 0 Å². The molecule has 0 atom stereocenters. The van der Waals surface area contributed by atoms with Crippen molar-refractivity contribution in [2.45, 2.75) is 39.0 Å². The van der Waals surface area contributed by atoms with E-state index in [2.05, 4.69) is 49.9 Å². The van der Waals surface area contributed by atoms with Gasteiger partial charge in [-0.05, 0) is 48.7 Å². The van der Waals surface area contributed by atoms with E-state index in [1.165, 1.54) is 11.3 Å². The molecule has 1 aliphatic rings. The number of rotatable bonds is 7. The molecule has 0 radical (unpaired) electrons. The molecule has 7 heteroatoms. The maximum atomic E-state index is 12.1. The van der Waals surface area contributed by atoms with Crippen molar-refractivity contribution in [2.24, 2.45) is 0 Å². The van der Waals surface area contributed by atoms with Crippen molar-refractivity contribution in [3.8, 4) is 0 Å². The van der Waals surface area contributed by atoms with Gasteiger partial charge >= 0.3 is 6.03 Å². The predicted octanol–water partition coefficient (Wildman–Crippen LogP) is 4.64. The Hall–Kier alpha value is -3.35. The summed E-state index contributed by atoms with van der Waals surface area (Å²) in [5.74, 6) is 1.58. The molecule has 0 saturated carbocycles. The number of nitrogens with one attached hydrogen (secondary N) is 2. The lowest BCUT2D eigenvalue weighted by molar-refractivity contribution is 0.252. The van der Waals surface area contributed by atoms with Crippen LogP contribution >= 0.6 is 0 Å². The first-order chi connectivity index (χ1) is 14.6. The average Bonchev–Trinajstić information content (AvgIpc) is 3.39. The zero-order chi connectivity index (χ0) is 20.9. The van der Waals surface area contributed by atoms with Gasteiger partial charge in [0.2, 0.25) is 5.89 Å². The Balaban J connectivity index is 1.23. The number of nitrogens with zero attached hydrogens (tertiary/aromatic N) is 3. The Labute approximate surface area is 176 Å². The van der Waals surface area contributed by atoms with Gasteiger partial charge in [0.15, 0.2) is 5.82 Å². The summed E-state index contributed by atoms with van der Waals surface area (Å²) in [6.07, 6.45) is 2.44. The molecule has 0 spiro atoms. The molecule has 7 nitrogen and oxygen atoms in total. The summed E-state index contributed by atoms with van der Waals surface area (Å²) < 4.78 is 5.21. The summed E-state index contributed by atoms with van der Waals surface area (Å²) in [6.45, 7) is 5.56. The Kier molecular flexibility index (Phi) is 5.97. The first kappa shape index (κ1) is 19.9. The Morgan fingerprint density at radius 2 is 1.97 bits per heavy atom.